The summed E-state index contributed by atoms with van der Waals surface area (Å²) in [6.45, 7) is 2.50. The van der Waals surface area contributed by atoms with Crippen LogP contribution in [0, 0.1) is 6.92 Å². The van der Waals surface area contributed by atoms with Gasteiger partial charge >= 0.3 is 6.03 Å². The average Bonchev–Trinajstić information content (AvgIpc) is 3.27. The maximum Gasteiger partial charge on any atom is 0.325 e. The van der Waals surface area contributed by atoms with E-state index in [2.05, 4.69) is 20.9 Å². The topological polar surface area (TPSA) is 83.1 Å². The molecule has 26 heavy (non-hydrogen) atoms. The number of benzene rings is 1. The fraction of sp³-hybridized carbons (Fsp3) is 0.167. The first-order valence-corrected chi connectivity index (χ1v) is 9.72. The van der Waals surface area contributed by atoms with E-state index in [1.54, 1.807) is 16.7 Å². The number of aryl methyl sites for hydroxylation is 1. The van der Waals surface area contributed by atoms with Crippen LogP contribution < -0.4 is 16.0 Å². The Morgan fingerprint density at radius 2 is 1.88 bits per heavy atom. The lowest BCUT2D eigenvalue weighted by atomic mass is 10.2. The molecule has 3 N–H and O–H groups in total. The van der Waals surface area contributed by atoms with Crippen molar-refractivity contribution in [3.05, 3.63) is 63.3 Å². The summed E-state index contributed by atoms with van der Waals surface area (Å²) in [7, 11) is 0. The van der Waals surface area contributed by atoms with Crippen molar-refractivity contribution in [2.75, 3.05) is 10.6 Å². The number of carbonyl (C=O) groups excluding carboxylic acids is 2. The highest BCUT2D eigenvalue weighted by Gasteiger charge is 2.10. The summed E-state index contributed by atoms with van der Waals surface area (Å²) in [5.41, 5.74) is 2.46. The van der Waals surface area contributed by atoms with Crippen molar-refractivity contribution < 1.29 is 9.59 Å². The Morgan fingerprint density at radius 3 is 2.62 bits per heavy atom. The summed E-state index contributed by atoms with van der Waals surface area (Å²) in [6, 6.07) is 11.1. The van der Waals surface area contributed by atoms with Gasteiger partial charge in [-0.2, -0.15) is 0 Å². The number of anilines is 2. The second kappa shape index (κ2) is 8.59. The highest BCUT2D eigenvalue weighted by molar-refractivity contribution is 7.14. The maximum absolute atomic E-state index is 12.0. The molecule has 6 nitrogen and oxygen atoms in total. The Hall–Kier alpha value is -2.71. The van der Waals surface area contributed by atoms with Crippen molar-refractivity contribution in [3.8, 4) is 0 Å². The van der Waals surface area contributed by atoms with Crippen LogP contribution in [-0.4, -0.2) is 16.9 Å². The molecule has 0 radical (unpaired) electrons. The van der Waals surface area contributed by atoms with E-state index in [4.69, 9.17) is 0 Å². The van der Waals surface area contributed by atoms with Gasteiger partial charge in [0.25, 0.3) is 0 Å². The summed E-state index contributed by atoms with van der Waals surface area (Å²) in [5.74, 6) is -0.0978. The number of thiazole rings is 1. The van der Waals surface area contributed by atoms with E-state index in [0.717, 1.165) is 10.4 Å². The Kier molecular flexibility index (Phi) is 5.98. The van der Waals surface area contributed by atoms with Gasteiger partial charge in [-0.05, 0) is 30.5 Å². The number of hydrogen-bond donors (Lipinski definition) is 3. The molecular weight excluding hydrogens is 368 g/mol. The van der Waals surface area contributed by atoms with E-state index in [1.165, 1.54) is 11.3 Å². The van der Waals surface area contributed by atoms with Gasteiger partial charge in [0.1, 0.15) is 0 Å². The van der Waals surface area contributed by atoms with Crippen LogP contribution in [0.4, 0.5) is 15.6 Å². The summed E-state index contributed by atoms with van der Waals surface area (Å²) in [5, 5.41) is 12.5. The molecule has 0 aliphatic rings. The van der Waals surface area contributed by atoms with E-state index >= 15 is 0 Å². The number of nitrogens with one attached hydrogen (secondary N) is 3. The zero-order valence-electron chi connectivity index (χ0n) is 14.1. The van der Waals surface area contributed by atoms with Crippen molar-refractivity contribution in [1.29, 1.82) is 0 Å². The highest BCUT2D eigenvalue weighted by atomic mass is 32.1. The van der Waals surface area contributed by atoms with Crippen molar-refractivity contribution >= 4 is 45.4 Å². The predicted molar refractivity (Wildman–Crippen MR) is 106 cm³/mol. The Bertz CT molecular complexity index is 873. The second-order valence-corrected chi connectivity index (χ2v) is 7.51. The van der Waals surface area contributed by atoms with E-state index in [9.17, 15) is 9.59 Å². The van der Waals surface area contributed by atoms with Crippen LogP contribution in [0.25, 0.3) is 0 Å². The molecule has 8 heteroatoms. The third-order valence-corrected chi connectivity index (χ3v) is 5.15. The fourth-order valence-electron chi connectivity index (χ4n) is 2.17. The summed E-state index contributed by atoms with van der Waals surface area (Å²) >= 11 is 2.89. The van der Waals surface area contributed by atoms with Crippen molar-refractivity contribution in [1.82, 2.24) is 10.3 Å². The van der Waals surface area contributed by atoms with Gasteiger partial charge in [-0.15, -0.1) is 22.7 Å². The molecule has 2 heterocycles. The standard InChI is InChI=1S/C18H18N4O2S2/c1-12-4-6-13(7-5-12)20-17(24)22-18-21-14(11-26-18)9-16(23)19-10-15-3-2-8-25-15/h2-8,11H,9-10H2,1H3,(H,19,23)(H2,20,21,22,24). The van der Waals surface area contributed by atoms with Gasteiger partial charge in [0.15, 0.2) is 5.13 Å². The van der Waals surface area contributed by atoms with Gasteiger partial charge in [-0.3, -0.25) is 10.1 Å². The fourth-order valence-corrected chi connectivity index (χ4v) is 3.52. The molecule has 2 aromatic heterocycles. The van der Waals surface area contributed by atoms with Gasteiger partial charge in [-0.25, -0.2) is 9.78 Å². The lowest BCUT2D eigenvalue weighted by Gasteiger charge is -2.05. The lowest BCUT2D eigenvalue weighted by molar-refractivity contribution is -0.120. The van der Waals surface area contributed by atoms with Gasteiger partial charge < -0.3 is 10.6 Å². The minimum absolute atomic E-state index is 0.0978. The minimum Gasteiger partial charge on any atom is -0.351 e. The number of urea groups is 1. The van der Waals surface area contributed by atoms with Gasteiger partial charge in [0.05, 0.1) is 18.7 Å². The summed E-state index contributed by atoms with van der Waals surface area (Å²) in [4.78, 5) is 29.3. The van der Waals surface area contributed by atoms with E-state index < -0.39 is 0 Å². The Balaban J connectivity index is 1.47. The molecular formula is C18H18N4O2S2. The van der Waals surface area contributed by atoms with E-state index in [0.29, 0.717) is 23.1 Å². The zero-order valence-corrected chi connectivity index (χ0v) is 15.7. The molecule has 0 atom stereocenters. The van der Waals surface area contributed by atoms with Crippen LogP contribution in [0.3, 0.4) is 0 Å². The molecule has 0 spiro atoms. The number of carbonyl (C=O) groups is 2. The number of nitrogens with zero attached hydrogens (tertiary/aromatic N) is 1. The second-order valence-electron chi connectivity index (χ2n) is 5.62. The number of rotatable bonds is 6. The molecule has 0 saturated heterocycles. The van der Waals surface area contributed by atoms with Gasteiger partial charge in [0.2, 0.25) is 5.91 Å². The molecule has 3 rings (SSSR count). The number of aromatic nitrogens is 1. The van der Waals surface area contributed by atoms with Crippen LogP contribution in [0.2, 0.25) is 0 Å². The zero-order chi connectivity index (χ0) is 18.4. The van der Waals surface area contributed by atoms with Gasteiger partial charge in [-0.1, -0.05) is 23.8 Å². The van der Waals surface area contributed by atoms with E-state index in [1.807, 2.05) is 48.7 Å². The van der Waals surface area contributed by atoms with Crippen LogP contribution in [0.1, 0.15) is 16.1 Å². The maximum atomic E-state index is 12.0. The summed E-state index contributed by atoms with van der Waals surface area (Å²) < 4.78 is 0. The average molecular weight is 387 g/mol. The van der Waals surface area contributed by atoms with Crippen LogP contribution in [-0.2, 0) is 17.8 Å². The normalized spacial score (nSPS) is 10.3. The smallest absolute Gasteiger partial charge is 0.325 e. The minimum atomic E-state index is -0.364. The molecule has 3 amide bonds. The number of thiophene rings is 1. The van der Waals surface area contributed by atoms with Gasteiger partial charge in [0, 0.05) is 15.9 Å². The van der Waals surface area contributed by atoms with Crippen LogP contribution in [0.5, 0.6) is 0 Å². The Morgan fingerprint density at radius 1 is 1.08 bits per heavy atom. The molecule has 0 unspecified atom stereocenters. The largest absolute Gasteiger partial charge is 0.351 e. The molecule has 0 bridgehead atoms. The molecule has 0 aliphatic heterocycles. The van der Waals surface area contributed by atoms with Crippen LogP contribution in [0.15, 0.2) is 47.2 Å². The molecule has 134 valence electrons. The monoisotopic (exact) mass is 386 g/mol. The highest BCUT2D eigenvalue weighted by Crippen LogP contribution is 2.17. The molecule has 0 saturated carbocycles. The van der Waals surface area contributed by atoms with E-state index in [-0.39, 0.29) is 18.4 Å². The quantitative estimate of drug-likeness (QED) is 0.598. The molecule has 1 aromatic carbocycles. The third-order valence-electron chi connectivity index (χ3n) is 3.46. The van der Waals surface area contributed by atoms with Crippen molar-refractivity contribution in [2.45, 2.75) is 19.9 Å². The summed E-state index contributed by atoms with van der Waals surface area (Å²) in [6.07, 6.45) is 0.184. The van der Waals surface area contributed by atoms with Crippen LogP contribution >= 0.6 is 22.7 Å². The predicted octanol–water partition coefficient (Wildman–Crippen LogP) is 4.02. The first kappa shape index (κ1) is 18.1. The molecule has 3 aromatic rings. The number of hydrogen-bond acceptors (Lipinski definition) is 5. The molecule has 0 fully saturated rings. The lowest BCUT2D eigenvalue weighted by Crippen LogP contribution is -2.24. The molecule has 0 aliphatic carbocycles. The first-order chi connectivity index (χ1) is 12.6. The van der Waals surface area contributed by atoms with Crippen molar-refractivity contribution in [3.63, 3.8) is 0 Å². The first-order valence-electron chi connectivity index (χ1n) is 7.96. The third kappa shape index (κ3) is 5.40. The van der Waals surface area contributed by atoms with Crippen molar-refractivity contribution in [2.24, 2.45) is 0 Å². The Labute approximate surface area is 159 Å². The SMILES string of the molecule is Cc1ccc(NC(=O)Nc2nc(CC(=O)NCc3cccs3)cs2)cc1. The number of amides is 3.